The van der Waals surface area contributed by atoms with Gasteiger partial charge < -0.3 is 10.6 Å². The number of hydrogen-bond donors (Lipinski definition) is 2. The van der Waals surface area contributed by atoms with Crippen LogP contribution in [0.5, 0.6) is 0 Å². The Balaban J connectivity index is 2.32. The highest BCUT2D eigenvalue weighted by Crippen LogP contribution is 2.38. The second kappa shape index (κ2) is 8.09. The van der Waals surface area contributed by atoms with Crippen molar-refractivity contribution >= 4 is 11.6 Å². The minimum Gasteiger partial charge on any atom is -0.358 e. The van der Waals surface area contributed by atoms with Gasteiger partial charge >= 0.3 is 0 Å². The molecule has 3 nitrogen and oxygen atoms in total. The van der Waals surface area contributed by atoms with Crippen molar-refractivity contribution in [3.8, 4) is 0 Å². The van der Waals surface area contributed by atoms with Gasteiger partial charge in [0.05, 0.1) is 17.2 Å². The molecular weight excluding hydrogens is 377 g/mol. The molecule has 158 valence electrons. The minimum atomic E-state index is -3.39. The zero-order valence-electron chi connectivity index (χ0n) is 17.6. The summed E-state index contributed by atoms with van der Waals surface area (Å²) in [6.07, 6.45) is 1.96. The molecule has 2 rings (SSSR count). The van der Waals surface area contributed by atoms with Crippen molar-refractivity contribution in [2.45, 2.75) is 40.5 Å². The summed E-state index contributed by atoms with van der Waals surface area (Å²) >= 11 is 0. The fourth-order valence-electron chi connectivity index (χ4n) is 3.29. The van der Waals surface area contributed by atoms with E-state index in [1.54, 1.807) is 0 Å². The fraction of sp³-hybridized carbons (Fsp3) is 0.435. The Morgan fingerprint density at radius 1 is 1.24 bits per heavy atom. The first kappa shape index (κ1) is 22.8. The number of halogens is 3. The summed E-state index contributed by atoms with van der Waals surface area (Å²) < 4.78 is 41.9. The van der Waals surface area contributed by atoms with Gasteiger partial charge in [-0.05, 0) is 30.0 Å². The van der Waals surface area contributed by atoms with E-state index < -0.39 is 23.2 Å². The number of rotatable bonds is 6. The van der Waals surface area contributed by atoms with E-state index in [-0.39, 0.29) is 28.6 Å². The summed E-state index contributed by atoms with van der Waals surface area (Å²) in [6.45, 7) is 17.3. The van der Waals surface area contributed by atoms with Crippen LogP contribution in [0.1, 0.15) is 40.2 Å². The maximum atomic E-state index is 14.1. The number of nitrogens with one attached hydrogen (secondary N) is 2. The predicted octanol–water partition coefficient (Wildman–Crippen LogP) is 5.77. The largest absolute Gasteiger partial charge is 0.358 e. The smallest absolute Gasteiger partial charge is 0.275 e. The Morgan fingerprint density at radius 3 is 2.41 bits per heavy atom. The number of carbonyl (C=O) groups excluding carboxylic acids is 1. The van der Waals surface area contributed by atoms with Crippen LogP contribution in [0.4, 0.5) is 18.9 Å². The third-order valence-electron chi connectivity index (χ3n) is 5.37. The van der Waals surface area contributed by atoms with Crippen LogP contribution >= 0.6 is 0 Å². The molecule has 1 heterocycles. The van der Waals surface area contributed by atoms with Gasteiger partial charge in [0.2, 0.25) is 5.91 Å². The van der Waals surface area contributed by atoms with E-state index in [4.69, 9.17) is 0 Å². The first-order valence-corrected chi connectivity index (χ1v) is 9.51. The second-order valence-electron chi connectivity index (χ2n) is 8.68. The molecule has 2 N–H and O–H groups in total. The Morgan fingerprint density at radius 2 is 1.86 bits per heavy atom. The van der Waals surface area contributed by atoms with Gasteiger partial charge in [-0.15, -0.1) is 0 Å². The van der Waals surface area contributed by atoms with Crippen molar-refractivity contribution < 1.29 is 18.0 Å². The molecule has 1 fully saturated rings. The molecule has 0 aliphatic carbocycles. The zero-order chi connectivity index (χ0) is 22.1. The second-order valence-corrected chi connectivity index (χ2v) is 8.68. The minimum absolute atomic E-state index is 0.0487. The molecule has 6 heteroatoms. The Kier molecular flexibility index (Phi) is 6.36. The molecule has 1 aromatic carbocycles. The molecular formula is C23H29F3N2O. The first-order valence-electron chi connectivity index (χ1n) is 9.51. The molecule has 1 aromatic rings. The number of benzene rings is 1. The Hall–Kier alpha value is -2.50. The van der Waals surface area contributed by atoms with Crippen molar-refractivity contribution in [3.63, 3.8) is 0 Å². The van der Waals surface area contributed by atoms with Crippen molar-refractivity contribution in [2.75, 3.05) is 11.9 Å². The highest BCUT2D eigenvalue weighted by molar-refractivity contribution is 5.85. The summed E-state index contributed by atoms with van der Waals surface area (Å²) in [7, 11) is 0. The molecule has 1 amide bonds. The molecule has 0 unspecified atom stereocenters. The molecule has 1 saturated heterocycles. The van der Waals surface area contributed by atoms with Gasteiger partial charge in [-0.3, -0.25) is 4.79 Å². The number of carbonyl (C=O) groups is 1. The van der Waals surface area contributed by atoms with E-state index in [0.29, 0.717) is 13.5 Å². The molecule has 1 aliphatic heterocycles. The summed E-state index contributed by atoms with van der Waals surface area (Å²) in [5, 5.41) is 5.54. The molecule has 0 saturated carbocycles. The lowest BCUT2D eigenvalue weighted by Gasteiger charge is -2.25. The molecule has 0 aromatic heterocycles. The van der Waals surface area contributed by atoms with Crippen molar-refractivity contribution in [1.29, 1.82) is 0 Å². The summed E-state index contributed by atoms with van der Waals surface area (Å²) in [5.41, 5.74) is 1.18. The quantitative estimate of drug-likeness (QED) is 0.589. The van der Waals surface area contributed by atoms with Crippen LogP contribution in [0.15, 0.2) is 54.3 Å². The Labute approximate surface area is 170 Å². The normalized spacial score (nSPS) is 20.4. The van der Waals surface area contributed by atoms with Crippen LogP contribution in [0.2, 0.25) is 0 Å². The molecule has 0 bridgehead atoms. The zero-order valence-corrected chi connectivity index (χ0v) is 17.6. The van der Waals surface area contributed by atoms with Gasteiger partial charge in [0.15, 0.2) is 0 Å². The maximum Gasteiger partial charge on any atom is 0.275 e. The van der Waals surface area contributed by atoms with E-state index in [9.17, 15) is 18.0 Å². The van der Waals surface area contributed by atoms with Gasteiger partial charge in [0, 0.05) is 25.1 Å². The van der Waals surface area contributed by atoms with Crippen LogP contribution in [0.25, 0.3) is 0 Å². The Bertz CT molecular complexity index is 860. The highest BCUT2D eigenvalue weighted by atomic mass is 19.3. The topological polar surface area (TPSA) is 41.1 Å². The van der Waals surface area contributed by atoms with Crippen molar-refractivity contribution in [1.82, 2.24) is 5.32 Å². The predicted molar refractivity (Wildman–Crippen MR) is 111 cm³/mol. The molecule has 2 atom stereocenters. The summed E-state index contributed by atoms with van der Waals surface area (Å²) in [4.78, 5) is 12.5. The van der Waals surface area contributed by atoms with Crippen LogP contribution < -0.4 is 10.6 Å². The number of anilines is 1. The van der Waals surface area contributed by atoms with Crippen LogP contribution in [0, 0.1) is 23.1 Å². The van der Waals surface area contributed by atoms with E-state index in [2.05, 4.69) is 44.6 Å². The fourth-order valence-corrected chi connectivity index (χ4v) is 3.29. The third kappa shape index (κ3) is 5.11. The monoisotopic (exact) mass is 406 g/mol. The van der Waals surface area contributed by atoms with Crippen LogP contribution in [0.3, 0.4) is 0 Å². The lowest BCUT2D eigenvalue weighted by Crippen LogP contribution is -2.26. The number of amides is 1. The number of allylic oxidation sites excluding steroid dienone is 2. The third-order valence-corrected chi connectivity index (χ3v) is 5.37. The average Bonchev–Trinajstić information content (AvgIpc) is 2.94. The van der Waals surface area contributed by atoms with E-state index in [1.165, 1.54) is 12.1 Å². The van der Waals surface area contributed by atoms with Crippen molar-refractivity contribution in [2.24, 2.45) is 17.3 Å². The molecule has 0 radical (unpaired) electrons. The highest BCUT2D eigenvalue weighted by Gasteiger charge is 2.39. The molecule has 1 aliphatic rings. The van der Waals surface area contributed by atoms with Gasteiger partial charge in [-0.25, -0.2) is 13.2 Å². The summed E-state index contributed by atoms with van der Waals surface area (Å²) in [6, 6.07) is 3.66. The van der Waals surface area contributed by atoms with Gasteiger partial charge in [-0.1, -0.05) is 51.6 Å². The van der Waals surface area contributed by atoms with Gasteiger partial charge in [-0.2, -0.15) is 0 Å². The van der Waals surface area contributed by atoms with E-state index >= 15 is 0 Å². The van der Waals surface area contributed by atoms with Crippen LogP contribution in [-0.4, -0.2) is 12.5 Å². The standard InChI is InChI=1S/C23H29F3N2O/c1-13(11-14(2)22(4,5)6)16-12-27-21(29)19(16)15(3)28-18-10-8-9-17(24)20(18)23(7,25)26/h8-11,16,19,28H,1,3,12H2,2,4-7H3,(H,27,29)/b14-11+/t16-,19-/m1/s1. The number of hydrogen-bond acceptors (Lipinski definition) is 2. The summed E-state index contributed by atoms with van der Waals surface area (Å²) in [5.74, 6) is -5.65. The van der Waals surface area contributed by atoms with E-state index in [1.807, 2.05) is 13.0 Å². The van der Waals surface area contributed by atoms with Gasteiger partial charge in [0.1, 0.15) is 5.82 Å². The molecule has 29 heavy (non-hydrogen) atoms. The van der Waals surface area contributed by atoms with Crippen molar-refractivity contribution in [3.05, 3.63) is 65.7 Å². The lowest BCUT2D eigenvalue weighted by atomic mass is 9.82. The number of alkyl halides is 2. The maximum absolute atomic E-state index is 14.1. The lowest BCUT2D eigenvalue weighted by molar-refractivity contribution is -0.121. The van der Waals surface area contributed by atoms with E-state index in [0.717, 1.165) is 17.2 Å². The molecule has 0 spiro atoms. The average molecular weight is 406 g/mol. The van der Waals surface area contributed by atoms with Gasteiger partial charge in [0.25, 0.3) is 5.92 Å². The first-order chi connectivity index (χ1) is 13.2. The van der Waals surface area contributed by atoms with Crippen LogP contribution in [-0.2, 0) is 10.7 Å². The SMILES string of the molecule is C=C(Nc1cccc(F)c1C(C)(F)F)[C@H]1C(=O)NC[C@@H]1C(=C)/C=C(\C)C(C)(C)C.